The van der Waals surface area contributed by atoms with E-state index in [1.807, 2.05) is 30.3 Å². The first-order valence-corrected chi connectivity index (χ1v) is 13.2. The van der Waals surface area contributed by atoms with E-state index in [-0.39, 0.29) is 17.3 Å². The normalized spacial score (nSPS) is 32.6. The number of aliphatic hydroxyl groups excluding tert-OH is 1. The van der Waals surface area contributed by atoms with Crippen molar-refractivity contribution >= 4 is 17.1 Å². The van der Waals surface area contributed by atoms with Crippen molar-refractivity contribution < 1.29 is 13.9 Å². The monoisotopic (exact) mass is 484 g/mol. The summed E-state index contributed by atoms with van der Waals surface area (Å²) in [5.41, 5.74) is 4.11. The molecule has 6 nitrogen and oxygen atoms in total. The molecule has 4 saturated carbocycles. The van der Waals surface area contributed by atoms with Gasteiger partial charge in [-0.15, -0.1) is 0 Å². The van der Waals surface area contributed by atoms with Crippen LogP contribution in [0.4, 0.5) is 10.4 Å². The summed E-state index contributed by atoms with van der Waals surface area (Å²) in [7, 11) is 0. The third kappa shape index (κ3) is 2.92. The molecular weight excluding hydrogens is 455 g/mol. The lowest BCUT2D eigenvalue weighted by Gasteiger charge is -2.61. The highest BCUT2D eigenvalue weighted by Gasteiger charge is 2.58. The predicted octanol–water partition coefficient (Wildman–Crippen LogP) is 5.79. The quantitative estimate of drug-likeness (QED) is 0.375. The number of halogens is 1. The van der Waals surface area contributed by atoms with Crippen molar-refractivity contribution in [3.8, 4) is 11.3 Å². The summed E-state index contributed by atoms with van der Waals surface area (Å²) < 4.78 is 23.0. The first-order chi connectivity index (χ1) is 17.6. The maximum Gasteiger partial charge on any atom is 0.295 e. The number of aromatic nitrogens is 3. The Morgan fingerprint density at radius 2 is 1.94 bits per heavy atom. The molecule has 4 aliphatic carbocycles. The number of oxazole rings is 1. The average molecular weight is 485 g/mol. The van der Waals surface area contributed by atoms with Crippen LogP contribution in [0.5, 0.6) is 0 Å². The Bertz CT molecular complexity index is 1430. The highest BCUT2D eigenvalue weighted by Crippen LogP contribution is 2.63. The summed E-state index contributed by atoms with van der Waals surface area (Å²) in [6.07, 6.45) is 9.06. The number of fused-ring (bicyclic) bond motifs is 4. The molecule has 1 aliphatic heterocycles. The minimum atomic E-state index is -0.485. The van der Waals surface area contributed by atoms with Crippen molar-refractivity contribution in [1.82, 2.24) is 14.5 Å². The lowest BCUT2D eigenvalue weighted by molar-refractivity contribution is -0.129. The Morgan fingerprint density at radius 1 is 1.11 bits per heavy atom. The Hall–Kier alpha value is -3.19. The molecule has 0 radical (unpaired) electrons. The lowest BCUT2D eigenvalue weighted by atomic mass is 9.46. The van der Waals surface area contributed by atoms with Crippen LogP contribution in [0.2, 0.25) is 0 Å². The van der Waals surface area contributed by atoms with Crippen LogP contribution in [-0.2, 0) is 0 Å². The van der Waals surface area contributed by atoms with E-state index in [4.69, 9.17) is 4.42 Å². The second-order valence-electron chi connectivity index (χ2n) is 11.6. The van der Waals surface area contributed by atoms with Gasteiger partial charge in [-0.1, -0.05) is 24.3 Å². The third-order valence-electron chi connectivity index (χ3n) is 9.72. The molecule has 0 amide bonds. The van der Waals surface area contributed by atoms with E-state index < -0.39 is 6.10 Å². The van der Waals surface area contributed by atoms with E-state index in [0.29, 0.717) is 41.8 Å². The predicted molar refractivity (Wildman–Crippen MR) is 134 cm³/mol. The van der Waals surface area contributed by atoms with Crippen molar-refractivity contribution in [3.63, 3.8) is 0 Å². The van der Waals surface area contributed by atoms with Crippen molar-refractivity contribution in [2.75, 3.05) is 5.32 Å². The first-order valence-electron chi connectivity index (χ1n) is 13.2. The van der Waals surface area contributed by atoms with Crippen LogP contribution < -0.4 is 5.32 Å². The average Bonchev–Trinajstić information content (AvgIpc) is 3.57. The van der Waals surface area contributed by atoms with E-state index in [9.17, 15) is 9.50 Å². The van der Waals surface area contributed by atoms with Gasteiger partial charge in [0, 0.05) is 17.2 Å². The second-order valence-corrected chi connectivity index (χ2v) is 11.6. The molecule has 5 aliphatic rings. The highest BCUT2D eigenvalue weighted by molar-refractivity contribution is 5.74. The molecule has 4 atom stereocenters. The Kier molecular flexibility index (Phi) is 4.32. The molecule has 184 valence electrons. The molecule has 3 heterocycles. The zero-order valence-corrected chi connectivity index (χ0v) is 20.0. The van der Waals surface area contributed by atoms with Gasteiger partial charge in [-0.2, -0.15) is 4.98 Å². The summed E-state index contributed by atoms with van der Waals surface area (Å²) in [6, 6.07) is 13.8. The van der Waals surface area contributed by atoms with E-state index in [0.717, 1.165) is 41.6 Å². The minimum absolute atomic E-state index is 0.106. The van der Waals surface area contributed by atoms with Gasteiger partial charge in [0.2, 0.25) is 0 Å². The number of nitrogens with one attached hydrogen (secondary N) is 1. The molecule has 2 N–H and O–H groups in total. The number of hydrogen-bond acceptors (Lipinski definition) is 5. The number of para-hydroxylation sites is 2. The van der Waals surface area contributed by atoms with Gasteiger partial charge in [0.25, 0.3) is 6.01 Å². The molecular formula is C29H29FN4O2. The van der Waals surface area contributed by atoms with Crippen LogP contribution in [0.15, 0.2) is 59.4 Å². The summed E-state index contributed by atoms with van der Waals surface area (Å²) in [4.78, 5) is 8.98. The van der Waals surface area contributed by atoms with Gasteiger partial charge >= 0.3 is 0 Å². The van der Waals surface area contributed by atoms with E-state index in [1.165, 1.54) is 18.9 Å². The largest absolute Gasteiger partial charge is 0.424 e. The van der Waals surface area contributed by atoms with E-state index >= 15 is 0 Å². The highest BCUT2D eigenvalue weighted by atomic mass is 19.1. The van der Waals surface area contributed by atoms with Crippen LogP contribution in [-0.4, -0.2) is 31.8 Å². The van der Waals surface area contributed by atoms with Gasteiger partial charge in [-0.3, -0.25) is 0 Å². The third-order valence-corrected chi connectivity index (χ3v) is 9.72. The van der Waals surface area contributed by atoms with Crippen molar-refractivity contribution in [2.24, 2.45) is 23.2 Å². The van der Waals surface area contributed by atoms with Crippen LogP contribution in [0.1, 0.15) is 50.1 Å². The molecule has 9 rings (SSSR count). The van der Waals surface area contributed by atoms with Gasteiger partial charge in [-0.05, 0) is 79.9 Å². The number of imidazole rings is 1. The van der Waals surface area contributed by atoms with Gasteiger partial charge in [0.1, 0.15) is 11.3 Å². The zero-order valence-electron chi connectivity index (χ0n) is 20.0. The topological polar surface area (TPSA) is 76.1 Å². The molecule has 7 heteroatoms. The number of nitrogens with zero attached hydrogens (tertiary/aromatic N) is 3. The molecule has 4 bridgehead atoms. The van der Waals surface area contributed by atoms with Gasteiger partial charge < -0.3 is 19.4 Å². The van der Waals surface area contributed by atoms with Crippen LogP contribution in [0, 0.1) is 29.0 Å². The molecule has 2 aromatic heterocycles. The molecule has 4 fully saturated rings. The maximum atomic E-state index is 15.0. The van der Waals surface area contributed by atoms with E-state index in [1.54, 1.807) is 18.6 Å². The van der Waals surface area contributed by atoms with Crippen molar-refractivity contribution in [3.05, 3.63) is 66.4 Å². The number of aliphatic hydroxyl groups is 1. The fourth-order valence-corrected chi connectivity index (χ4v) is 8.50. The Morgan fingerprint density at radius 3 is 2.78 bits per heavy atom. The lowest BCUT2D eigenvalue weighted by Crippen LogP contribution is -2.59. The molecule has 2 aromatic carbocycles. The van der Waals surface area contributed by atoms with E-state index in [2.05, 4.69) is 19.9 Å². The maximum absolute atomic E-state index is 15.0. The molecule has 0 saturated heterocycles. The molecule has 4 aromatic rings. The van der Waals surface area contributed by atoms with Crippen LogP contribution in [0.25, 0.3) is 22.4 Å². The summed E-state index contributed by atoms with van der Waals surface area (Å²) >= 11 is 0. The summed E-state index contributed by atoms with van der Waals surface area (Å²) in [6.45, 7) is 0. The van der Waals surface area contributed by atoms with Gasteiger partial charge in [0.15, 0.2) is 5.58 Å². The Labute approximate surface area is 208 Å². The molecule has 36 heavy (non-hydrogen) atoms. The Balaban J connectivity index is 1.06. The second kappa shape index (κ2) is 7.42. The van der Waals surface area contributed by atoms with Crippen molar-refractivity contribution in [2.45, 2.75) is 56.7 Å². The fraction of sp³-hybridized carbons (Fsp3) is 0.448. The fourth-order valence-electron chi connectivity index (χ4n) is 8.50. The SMILES string of the molecule is OC(CC1c2c(F)cccc2-c2cncn21)C12CC3CC(C1)C(Nc1nc4ccccc4o1)C(C3)C2. The van der Waals surface area contributed by atoms with Gasteiger partial charge in [0.05, 0.1) is 30.4 Å². The number of anilines is 1. The summed E-state index contributed by atoms with van der Waals surface area (Å²) in [5, 5.41) is 15.5. The summed E-state index contributed by atoms with van der Waals surface area (Å²) in [5.74, 6) is 1.42. The smallest absolute Gasteiger partial charge is 0.295 e. The van der Waals surface area contributed by atoms with Crippen molar-refractivity contribution in [1.29, 1.82) is 0 Å². The zero-order chi connectivity index (χ0) is 24.0. The van der Waals surface area contributed by atoms with Gasteiger partial charge in [-0.25, -0.2) is 9.37 Å². The first kappa shape index (κ1) is 20.9. The number of hydrogen-bond donors (Lipinski definition) is 2. The number of rotatable bonds is 5. The minimum Gasteiger partial charge on any atom is -0.424 e. The van der Waals surface area contributed by atoms with Crippen LogP contribution in [0.3, 0.4) is 0 Å². The number of benzene rings is 2. The molecule has 4 unspecified atom stereocenters. The van der Waals surface area contributed by atoms with Crippen LogP contribution >= 0.6 is 0 Å². The standard InChI is InChI=1S/C29H29FN4O2/c30-20-5-3-4-19-23-14-31-15-34(23)22(26(19)20)10-25(35)29-11-16-8-17(12-29)27(18(9-16)13-29)33-28-32-21-6-1-2-7-24(21)36-28/h1-7,14-18,22,25,27,35H,8-13H2,(H,32,33). The molecule has 0 spiro atoms.